The van der Waals surface area contributed by atoms with Crippen LogP contribution in [0.15, 0.2) is 18.2 Å². The third-order valence-electron chi connectivity index (χ3n) is 3.94. The molecule has 0 aromatic heterocycles. The molecule has 0 bridgehead atoms. The predicted molar refractivity (Wildman–Crippen MR) is 74.5 cm³/mol. The van der Waals surface area contributed by atoms with Crippen molar-refractivity contribution < 1.29 is 9.47 Å². The number of hydrogen-bond acceptors (Lipinski definition) is 4. The van der Waals surface area contributed by atoms with Gasteiger partial charge in [0, 0.05) is 32.2 Å². The fourth-order valence-corrected chi connectivity index (χ4v) is 2.73. The summed E-state index contributed by atoms with van der Waals surface area (Å²) < 4.78 is 10.8. The average Bonchev–Trinajstić information content (AvgIpc) is 2.86. The maximum absolute atomic E-state index is 5.43. The first kappa shape index (κ1) is 12.8. The monoisotopic (exact) mass is 262 g/mol. The lowest BCUT2D eigenvalue weighted by atomic mass is 10.0. The van der Waals surface area contributed by atoms with Crippen molar-refractivity contribution in [1.29, 1.82) is 0 Å². The van der Waals surface area contributed by atoms with E-state index in [-0.39, 0.29) is 0 Å². The van der Waals surface area contributed by atoms with Crippen molar-refractivity contribution >= 4 is 0 Å². The average molecular weight is 262 g/mol. The van der Waals surface area contributed by atoms with Gasteiger partial charge in [0.25, 0.3) is 0 Å². The van der Waals surface area contributed by atoms with Crippen LogP contribution in [0.4, 0.5) is 0 Å². The van der Waals surface area contributed by atoms with E-state index < -0.39 is 0 Å². The van der Waals surface area contributed by atoms with Crippen LogP contribution in [-0.4, -0.2) is 37.4 Å². The Morgan fingerprint density at radius 3 is 3.00 bits per heavy atom. The van der Waals surface area contributed by atoms with E-state index in [4.69, 9.17) is 9.47 Å². The zero-order chi connectivity index (χ0) is 13.2. The minimum Gasteiger partial charge on any atom is -0.454 e. The number of nitrogens with zero attached hydrogens (tertiary/aromatic N) is 1. The molecular formula is C15H22N2O2. The molecule has 1 saturated heterocycles. The van der Waals surface area contributed by atoms with E-state index in [1.807, 2.05) is 6.07 Å². The van der Waals surface area contributed by atoms with Crippen molar-refractivity contribution in [3.05, 3.63) is 23.8 Å². The highest BCUT2D eigenvalue weighted by atomic mass is 16.7. The smallest absolute Gasteiger partial charge is 0.231 e. The fraction of sp³-hybridized carbons (Fsp3) is 0.600. The van der Waals surface area contributed by atoms with Crippen LogP contribution in [0.1, 0.15) is 19.4 Å². The number of ether oxygens (including phenoxy) is 2. The molecule has 104 valence electrons. The lowest BCUT2D eigenvalue weighted by Gasteiger charge is -2.35. The fourth-order valence-electron chi connectivity index (χ4n) is 2.73. The second-order valence-corrected chi connectivity index (χ2v) is 5.73. The first-order valence-electron chi connectivity index (χ1n) is 7.06. The SMILES string of the molecule is CC(C)C1CN(Cc2ccc3c(c2)OCO3)CCN1. The van der Waals surface area contributed by atoms with Gasteiger partial charge in [0.2, 0.25) is 6.79 Å². The molecule has 1 atom stereocenters. The summed E-state index contributed by atoms with van der Waals surface area (Å²) in [6, 6.07) is 6.86. The lowest BCUT2D eigenvalue weighted by molar-refractivity contribution is 0.168. The van der Waals surface area contributed by atoms with Crippen LogP contribution < -0.4 is 14.8 Å². The van der Waals surface area contributed by atoms with E-state index in [1.165, 1.54) is 5.56 Å². The summed E-state index contributed by atoms with van der Waals surface area (Å²) in [5.41, 5.74) is 1.30. The quantitative estimate of drug-likeness (QED) is 0.901. The van der Waals surface area contributed by atoms with Gasteiger partial charge in [-0.2, -0.15) is 0 Å². The van der Waals surface area contributed by atoms with Crippen LogP contribution in [0.5, 0.6) is 11.5 Å². The number of piperazine rings is 1. The molecule has 2 aliphatic heterocycles. The summed E-state index contributed by atoms with van der Waals surface area (Å²) in [5, 5.41) is 3.59. The second-order valence-electron chi connectivity index (χ2n) is 5.73. The molecule has 19 heavy (non-hydrogen) atoms. The molecular weight excluding hydrogens is 240 g/mol. The van der Waals surface area contributed by atoms with Crippen LogP contribution in [0, 0.1) is 5.92 Å². The molecule has 1 unspecified atom stereocenters. The van der Waals surface area contributed by atoms with Crippen LogP contribution in [0.25, 0.3) is 0 Å². The highest BCUT2D eigenvalue weighted by Gasteiger charge is 2.22. The molecule has 1 aromatic carbocycles. The molecule has 0 aliphatic carbocycles. The number of hydrogen-bond donors (Lipinski definition) is 1. The molecule has 0 amide bonds. The van der Waals surface area contributed by atoms with E-state index >= 15 is 0 Å². The van der Waals surface area contributed by atoms with Gasteiger partial charge in [-0.25, -0.2) is 0 Å². The van der Waals surface area contributed by atoms with Gasteiger partial charge in [0.05, 0.1) is 0 Å². The van der Waals surface area contributed by atoms with Crippen LogP contribution >= 0.6 is 0 Å². The summed E-state index contributed by atoms with van der Waals surface area (Å²) in [4.78, 5) is 2.51. The van der Waals surface area contributed by atoms with Gasteiger partial charge in [-0.05, 0) is 23.6 Å². The van der Waals surface area contributed by atoms with Gasteiger partial charge in [0.15, 0.2) is 11.5 Å². The Morgan fingerprint density at radius 1 is 1.32 bits per heavy atom. The zero-order valence-electron chi connectivity index (χ0n) is 11.7. The minimum absolute atomic E-state index is 0.349. The van der Waals surface area contributed by atoms with Gasteiger partial charge in [-0.1, -0.05) is 19.9 Å². The van der Waals surface area contributed by atoms with Gasteiger partial charge in [-0.3, -0.25) is 4.90 Å². The van der Waals surface area contributed by atoms with E-state index in [1.54, 1.807) is 0 Å². The number of nitrogens with one attached hydrogen (secondary N) is 1. The van der Waals surface area contributed by atoms with Crippen molar-refractivity contribution in [2.75, 3.05) is 26.4 Å². The van der Waals surface area contributed by atoms with Crippen LogP contribution in [0.3, 0.4) is 0 Å². The summed E-state index contributed by atoms with van der Waals surface area (Å²) in [6.45, 7) is 9.20. The maximum Gasteiger partial charge on any atom is 0.231 e. The highest BCUT2D eigenvalue weighted by Crippen LogP contribution is 2.32. The van der Waals surface area contributed by atoms with E-state index in [0.717, 1.165) is 37.7 Å². The Labute approximate surface area is 114 Å². The molecule has 4 nitrogen and oxygen atoms in total. The molecule has 1 N–H and O–H groups in total. The zero-order valence-corrected chi connectivity index (χ0v) is 11.7. The molecule has 2 heterocycles. The van der Waals surface area contributed by atoms with Crippen LogP contribution in [-0.2, 0) is 6.54 Å². The Hall–Kier alpha value is -1.26. The predicted octanol–water partition coefficient (Wildman–Crippen LogP) is 1.85. The second kappa shape index (κ2) is 5.39. The summed E-state index contributed by atoms with van der Waals surface area (Å²) in [5.74, 6) is 2.43. The molecule has 1 fully saturated rings. The number of rotatable bonds is 3. The minimum atomic E-state index is 0.349. The molecule has 0 radical (unpaired) electrons. The molecule has 2 aliphatic rings. The lowest BCUT2D eigenvalue weighted by Crippen LogP contribution is -2.52. The molecule has 0 saturated carbocycles. The number of fused-ring (bicyclic) bond motifs is 1. The van der Waals surface area contributed by atoms with Gasteiger partial charge >= 0.3 is 0 Å². The largest absolute Gasteiger partial charge is 0.454 e. The summed E-state index contributed by atoms with van der Waals surface area (Å²) >= 11 is 0. The topological polar surface area (TPSA) is 33.7 Å². The van der Waals surface area contributed by atoms with E-state index in [0.29, 0.717) is 18.8 Å². The van der Waals surface area contributed by atoms with Crippen molar-refractivity contribution in [2.45, 2.75) is 26.4 Å². The molecule has 1 aromatic rings. The summed E-state index contributed by atoms with van der Waals surface area (Å²) in [7, 11) is 0. The highest BCUT2D eigenvalue weighted by molar-refractivity contribution is 5.44. The van der Waals surface area contributed by atoms with Crippen molar-refractivity contribution in [2.24, 2.45) is 5.92 Å². The Kier molecular flexibility index (Phi) is 3.62. The Morgan fingerprint density at radius 2 is 2.16 bits per heavy atom. The van der Waals surface area contributed by atoms with Crippen molar-refractivity contribution in [3.63, 3.8) is 0 Å². The van der Waals surface area contributed by atoms with Crippen molar-refractivity contribution in [1.82, 2.24) is 10.2 Å². The molecule has 3 rings (SSSR count). The van der Waals surface area contributed by atoms with E-state index in [2.05, 4.69) is 36.2 Å². The first-order chi connectivity index (χ1) is 9.22. The van der Waals surface area contributed by atoms with Crippen molar-refractivity contribution in [3.8, 4) is 11.5 Å². The molecule has 0 spiro atoms. The van der Waals surface area contributed by atoms with Gasteiger partial charge in [0.1, 0.15) is 0 Å². The number of benzene rings is 1. The Balaban J connectivity index is 1.64. The van der Waals surface area contributed by atoms with Crippen LogP contribution in [0.2, 0.25) is 0 Å². The molecule has 4 heteroatoms. The van der Waals surface area contributed by atoms with Gasteiger partial charge < -0.3 is 14.8 Å². The first-order valence-corrected chi connectivity index (χ1v) is 7.06. The van der Waals surface area contributed by atoms with Gasteiger partial charge in [-0.15, -0.1) is 0 Å². The Bertz CT molecular complexity index is 448. The van der Waals surface area contributed by atoms with E-state index in [9.17, 15) is 0 Å². The summed E-state index contributed by atoms with van der Waals surface area (Å²) in [6.07, 6.45) is 0. The third-order valence-corrected chi connectivity index (χ3v) is 3.94. The standard InChI is InChI=1S/C15H22N2O2/c1-11(2)13-9-17(6-5-16-13)8-12-3-4-14-15(7-12)19-10-18-14/h3-4,7,11,13,16H,5-6,8-10H2,1-2H3. The normalized spacial score (nSPS) is 23.0. The maximum atomic E-state index is 5.43. The third kappa shape index (κ3) is 2.85.